The van der Waals surface area contributed by atoms with Gasteiger partial charge in [0.2, 0.25) is 0 Å². The van der Waals surface area contributed by atoms with Gasteiger partial charge in [0.05, 0.1) is 0 Å². The summed E-state index contributed by atoms with van der Waals surface area (Å²) in [5.41, 5.74) is 1.84. The van der Waals surface area contributed by atoms with Gasteiger partial charge < -0.3 is 4.98 Å². The highest BCUT2D eigenvalue weighted by Crippen LogP contribution is 2.27. The number of hydrogen-bond acceptors (Lipinski definition) is 0. The molecule has 2 aromatic carbocycles. The van der Waals surface area contributed by atoms with E-state index in [2.05, 4.69) is 4.98 Å². The highest BCUT2D eigenvalue weighted by Gasteiger charge is 2.14. The van der Waals surface area contributed by atoms with Crippen LogP contribution in [0, 0.1) is 17.5 Å². The SMILES string of the molecule is CCC=Cc1[nH]c(Cc2cc(F)c(F)cc2F)c2ccccc12. The van der Waals surface area contributed by atoms with Crippen LogP contribution in [0.3, 0.4) is 0 Å². The molecule has 3 aromatic rings. The number of benzene rings is 2. The van der Waals surface area contributed by atoms with Crippen LogP contribution in [-0.2, 0) is 6.42 Å². The van der Waals surface area contributed by atoms with Crippen molar-refractivity contribution in [3.63, 3.8) is 0 Å². The van der Waals surface area contributed by atoms with Crippen molar-refractivity contribution in [2.24, 2.45) is 0 Å². The maximum Gasteiger partial charge on any atom is 0.161 e. The molecule has 0 saturated carbocycles. The van der Waals surface area contributed by atoms with Gasteiger partial charge in [0, 0.05) is 34.6 Å². The largest absolute Gasteiger partial charge is 0.358 e. The average Bonchev–Trinajstić information content (AvgIpc) is 2.89. The third-order valence-corrected chi connectivity index (χ3v) is 3.80. The number of nitrogens with one attached hydrogen (secondary N) is 1. The van der Waals surface area contributed by atoms with Crippen LogP contribution in [-0.4, -0.2) is 4.98 Å². The molecule has 0 atom stereocenters. The number of aromatic nitrogens is 1. The summed E-state index contributed by atoms with van der Waals surface area (Å²) in [6, 6.07) is 9.25. The number of halogens is 3. The molecule has 1 nitrogen and oxygen atoms in total. The average molecular weight is 315 g/mol. The Balaban J connectivity index is 2.07. The Kier molecular flexibility index (Phi) is 4.24. The molecule has 0 aliphatic heterocycles. The highest BCUT2D eigenvalue weighted by molar-refractivity contribution is 5.92. The third kappa shape index (κ3) is 3.02. The van der Waals surface area contributed by atoms with Gasteiger partial charge in [-0.3, -0.25) is 0 Å². The molecule has 118 valence electrons. The van der Waals surface area contributed by atoms with E-state index in [4.69, 9.17) is 0 Å². The summed E-state index contributed by atoms with van der Waals surface area (Å²) in [6.45, 7) is 2.04. The summed E-state index contributed by atoms with van der Waals surface area (Å²) in [5.74, 6) is -2.95. The second-order valence-corrected chi connectivity index (χ2v) is 5.41. The molecule has 0 unspecified atom stereocenters. The first-order valence-corrected chi connectivity index (χ1v) is 7.49. The van der Waals surface area contributed by atoms with Gasteiger partial charge in [-0.1, -0.05) is 37.3 Å². The quantitative estimate of drug-likeness (QED) is 0.603. The third-order valence-electron chi connectivity index (χ3n) is 3.80. The number of aromatic amines is 1. The van der Waals surface area contributed by atoms with E-state index in [1.165, 1.54) is 0 Å². The molecule has 0 spiro atoms. The van der Waals surface area contributed by atoms with E-state index < -0.39 is 17.5 Å². The zero-order chi connectivity index (χ0) is 16.4. The molecule has 4 heteroatoms. The Morgan fingerprint density at radius 1 is 0.957 bits per heavy atom. The van der Waals surface area contributed by atoms with Gasteiger partial charge in [-0.25, -0.2) is 13.2 Å². The monoisotopic (exact) mass is 315 g/mol. The summed E-state index contributed by atoms with van der Waals surface area (Å²) in [4.78, 5) is 3.26. The van der Waals surface area contributed by atoms with Crippen molar-refractivity contribution < 1.29 is 13.2 Å². The fourth-order valence-corrected chi connectivity index (χ4v) is 2.67. The van der Waals surface area contributed by atoms with E-state index >= 15 is 0 Å². The van der Waals surface area contributed by atoms with Gasteiger partial charge in [-0.05, 0) is 24.1 Å². The van der Waals surface area contributed by atoms with E-state index in [1.54, 1.807) is 0 Å². The molecule has 1 heterocycles. The highest BCUT2D eigenvalue weighted by atomic mass is 19.2. The molecule has 0 bridgehead atoms. The molecule has 0 saturated heterocycles. The molecule has 0 fully saturated rings. The molecule has 23 heavy (non-hydrogen) atoms. The summed E-state index contributed by atoms with van der Waals surface area (Å²) in [5, 5.41) is 1.97. The molecule has 0 aliphatic rings. The Labute approximate surface area is 132 Å². The van der Waals surface area contributed by atoms with Gasteiger partial charge in [-0.2, -0.15) is 0 Å². The maximum atomic E-state index is 13.9. The van der Waals surface area contributed by atoms with E-state index in [0.717, 1.165) is 34.6 Å². The topological polar surface area (TPSA) is 15.8 Å². The number of hydrogen-bond donors (Lipinski definition) is 1. The van der Waals surface area contributed by atoms with Crippen LogP contribution in [0.2, 0.25) is 0 Å². The standard InChI is InChI=1S/C19H16F3N/c1-2-3-8-18-13-6-4-5-7-14(13)19(23-18)10-12-9-16(21)17(22)11-15(12)20/h3-9,11,23H,2,10H2,1H3. The summed E-state index contributed by atoms with van der Waals surface area (Å²) in [7, 11) is 0. The van der Waals surface area contributed by atoms with Crippen molar-refractivity contribution in [3.05, 3.63) is 76.9 Å². The van der Waals surface area contributed by atoms with E-state index in [9.17, 15) is 13.2 Å². The van der Waals surface area contributed by atoms with E-state index in [1.807, 2.05) is 43.3 Å². The molecular formula is C19H16F3N. The number of rotatable bonds is 4. The molecule has 3 rings (SSSR count). The smallest absolute Gasteiger partial charge is 0.161 e. The van der Waals surface area contributed by atoms with E-state index in [0.29, 0.717) is 6.07 Å². The zero-order valence-electron chi connectivity index (χ0n) is 12.7. The number of allylic oxidation sites excluding steroid dienone is 1. The van der Waals surface area contributed by atoms with Crippen molar-refractivity contribution in [2.75, 3.05) is 0 Å². The second kappa shape index (κ2) is 6.32. The summed E-state index contributed by atoms with van der Waals surface area (Å²) < 4.78 is 40.3. The maximum absolute atomic E-state index is 13.9. The van der Waals surface area contributed by atoms with Crippen molar-refractivity contribution in [2.45, 2.75) is 19.8 Å². The Morgan fingerprint density at radius 3 is 2.39 bits per heavy atom. The molecule has 0 aliphatic carbocycles. The normalized spacial score (nSPS) is 11.7. The lowest BCUT2D eigenvalue weighted by molar-refractivity contribution is 0.491. The van der Waals surface area contributed by atoms with Crippen molar-refractivity contribution >= 4 is 16.8 Å². The minimum Gasteiger partial charge on any atom is -0.358 e. The first-order chi connectivity index (χ1) is 11.1. The lowest BCUT2D eigenvalue weighted by atomic mass is 10.1. The van der Waals surface area contributed by atoms with Crippen LogP contribution in [0.1, 0.15) is 30.3 Å². The first kappa shape index (κ1) is 15.4. The predicted octanol–water partition coefficient (Wildman–Crippen LogP) is 5.60. The van der Waals surface area contributed by atoms with Crippen molar-refractivity contribution in [3.8, 4) is 0 Å². The van der Waals surface area contributed by atoms with Crippen LogP contribution < -0.4 is 0 Å². The lowest BCUT2D eigenvalue weighted by Gasteiger charge is -2.04. The minimum absolute atomic E-state index is 0.127. The Bertz CT molecular complexity index is 878. The second-order valence-electron chi connectivity index (χ2n) is 5.41. The summed E-state index contributed by atoms with van der Waals surface area (Å²) in [6.07, 6.45) is 5.08. The van der Waals surface area contributed by atoms with E-state index in [-0.39, 0.29) is 12.0 Å². The number of fused-ring (bicyclic) bond motifs is 1. The van der Waals surface area contributed by atoms with Crippen LogP contribution in [0.4, 0.5) is 13.2 Å². The fraction of sp³-hybridized carbons (Fsp3) is 0.158. The fourth-order valence-electron chi connectivity index (χ4n) is 2.67. The van der Waals surface area contributed by atoms with Gasteiger partial charge in [0.1, 0.15) is 5.82 Å². The lowest BCUT2D eigenvalue weighted by Crippen LogP contribution is -1.97. The van der Waals surface area contributed by atoms with Gasteiger partial charge >= 0.3 is 0 Å². The zero-order valence-corrected chi connectivity index (χ0v) is 12.7. The number of H-pyrrole nitrogens is 1. The predicted molar refractivity (Wildman–Crippen MR) is 86.7 cm³/mol. The van der Waals surface area contributed by atoms with Gasteiger partial charge in [0.25, 0.3) is 0 Å². The van der Waals surface area contributed by atoms with Gasteiger partial charge in [-0.15, -0.1) is 0 Å². The summed E-state index contributed by atoms with van der Waals surface area (Å²) >= 11 is 0. The van der Waals surface area contributed by atoms with Crippen molar-refractivity contribution in [1.29, 1.82) is 0 Å². The van der Waals surface area contributed by atoms with Crippen LogP contribution in [0.5, 0.6) is 0 Å². The van der Waals surface area contributed by atoms with Gasteiger partial charge in [0.15, 0.2) is 11.6 Å². The van der Waals surface area contributed by atoms with Crippen LogP contribution in [0.25, 0.3) is 16.8 Å². The Morgan fingerprint density at radius 2 is 1.65 bits per heavy atom. The van der Waals surface area contributed by atoms with Crippen LogP contribution >= 0.6 is 0 Å². The van der Waals surface area contributed by atoms with Crippen molar-refractivity contribution in [1.82, 2.24) is 4.98 Å². The Hall–Kier alpha value is -2.49. The molecular weight excluding hydrogens is 299 g/mol. The molecule has 1 aromatic heterocycles. The first-order valence-electron chi connectivity index (χ1n) is 7.49. The molecule has 0 amide bonds. The minimum atomic E-state index is -1.17. The molecule has 1 N–H and O–H groups in total. The molecule has 0 radical (unpaired) electrons. The van der Waals surface area contributed by atoms with Crippen LogP contribution in [0.15, 0.2) is 42.5 Å².